The van der Waals surface area contributed by atoms with Crippen LogP contribution in [0.4, 0.5) is 0 Å². The molecule has 0 bridgehead atoms. The van der Waals surface area contributed by atoms with Gasteiger partial charge in [0.1, 0.15) is 0 Å². The van der Waals surface area contributed by atoms with Gasteiger partial charge in [0.25, 0.3) is 0 Å². The number of hydrogen-bond donors (Lipinski definition) is 1. The highest BCUT2D eigenvalue weighted by Crippen LogP contribution is 2.11. The molecule has 1 N–H and O–H groups in total. The molecule has 4 heteroatoms. The fourth-order valence-corrected chi connectivity index (χ4v) is 1.80. The van der Waals surface area contributed by atoms with E-state index in [0.29, 0.717) is 12.1 Å². The van der Waals surface area contributed by atoms with Crippen LogP contribution in [-0.4, -0.2) is 49.5 Å². The smallest absolute Gasteiger partial charge is 0.0900 e. The lowest BCUT2D eigenvalue weighted by atomic mass is 10.1. The number of hydrogen-bond acceptors (Lipinski definition) is 4. The van der Waals surface area contributed by atoms with Gasteiger partial charge in [0, 0.05) is 31.7 Å². The molecule has 0 aromatic heterocycles. The van der Waals surface area contributed by atoms with Gasteiger partial charge in [0.2, 0.25) is 0 Å². The molecule has 2 heterocycles. The van der Waals surface area contributed by atoms with E-state index in [9.17, 15) is 0 Å². The van der Waals surface area contributed by atoms with Gasteiger partial charge < -0.3 is 15.0 Å². The lowest BCUT2D eigenvalue weighted by molar-refractivity contribution is -0.0126. The highest BCUT2D eigenvalue weighted by Gasteiger charge is 2.24. The Morgan fingerprint density at radius 3 is 3.21 bits per heavy atom. The lowest BCUT2D eigenvalue weighted by Crippen LogP contribution is -2.50. The maximum Gasteiger partial charge on any atom is 0.0900 e. The van der Waals surface area contributed by atoms with Crippen LogP contribution in [0.25, 0.3) is 0 Å². The van der Waals surface area contributed by atoms with Gasteiger partial charge in [-0.25, -0.2) is 0 Å². The molecule has 0 amide bonds. The summed E-state index contributed by atoms with van der Waals surface area (Å²) in [5.74, 6) is 0. The minimum atomic E-state index is 0.292. The average Bonchev–Trinajstić information content (AvgIpc) is 2.30. The van der Waals surface area contributed by atoms with Crippen molar-refractivity contribution in [3.05, 3.63) is 12.4 Å². The van der Waals surface area contributed by atoms with Gasteiger partial charge in [0.05, 0.1) is 25.3 Å². The molecule has 78 valence electrons. The van der Waals surface area contributed by atoms with Crippen molar-refractivity contribution in [1.82, 2.24) is 10.2 Å². The normalized spacial score (nSPS) is 29.2. The van der Waals surface area contributed by atoms with Gasteiger partial charge in [-0.1, -0.05) is 0 Å². The zero-order chi connectivity index (χ0) is 9.80. The van der Waals surface area contributed by atoms with E-state index < -0.39 is 0 Å². The second-order valence-corrected chi connectivity index (χ2v) is 3.68. The summed E-state index contributed by atoms with van der Waals surface area (Å²) in [5.41, 5.74) is 0. The molecule has 2 aliphatic rings. The molecule has 0 aromatic rings. The van der Waals surface area contributed by atoms with Crippen LogP contribution in [0.15, 0.2) is 17.4 Å². The van der Waals surface area contributed by atoms with Crippen LogP contribution in [0.5, 0.6) is 0 Å². The van der Waals surface area contributed by atoms with E-state index in [0.717, 1.165) is 26.2 Å². The molecule has 1 fully saturated rings. The van der Waals surface area contributed by atoms with Crippen LogP contribution in [0, 0.1) is 0 Å². The predicted octanol–water partition coefficient (Wildman–Crippen LogP) is 0.221. The molecule has 0 radical (unpaired) electrons. The van der Waals surface area contributed by atoms with E-state index in [2.05, 4.69) is 22.1 Å². The van der Waals surface area contributed by atoms with Gasteiger partial charge in [0.15, 0.2) is 0 Å². The molecule has 2 atom stereocenters. The van der Waals surface area contributed by atoms with Crippen LogP contribution in [0.3, 0.4) is 0 Å². The summed E-state index contributed by atoms with van der Waals surface area (Å²) in [6.07, 6.45) is 6.07. The molecule has 2 unspecified atom stereocenters. The summed E-state index contributed by atoms with van der Waals surface area (Å²) >= 11 is 0. The molecule has 2 rings (SSSR count). The molecule has 2 aliphatic heterocycles. The summed E-state index contributed by atoms with van der Waals surface area (Å²) in [7, 11) is 0. The Balaban J connectivity index is 1.89. The van der Waals surface area contributed by atoms with Crippen LogP contribution < -0.4 is 5.32 Å². The zero-order valence-electron chi connectivity index (χ0n) is 8.52. The molecule has 0 aromatic carbocycles. The van der Waals surface area contributed by atoms with Gasteiger partial charge >= 0.3 is 0 Å². The number of aliphatic imine (C=N–C) groups is 1. The molecule has 1 saturated heterocycles. The van der Waals surface area contributed by atoms with E-state index >= 15 is 0 Å². The number of rotatable bonds is 2. The topological polar surface area (TPSA) is 36.9 Å². The first kappa shape index (κ1) is 9.68. The monoisotopic (exact) mass is 195 g/mol. The Kier molecular flexibility index (Phi) is 3.16. The van der Waals surface area contributed by atoms with Crippen LogP contribution in [0.2, 0.25) is 0 Å². The molecular formula is C10H17N3O. The predicted molar refractivity (Wildman–Crippen MR) is 56.4 cm³/mol. The first-order chi connectivity index (χ1) is 6.88. The number of nitrogens with zero attached hydrogens (tertiary/aromatic N) is 2. The van der Waals surface area contributed by atoms with Gasteiger partial charge in [-0.15, -0.1) is 0 Å². The second kappa shape index (κ2) is 4.57. The molecule has 0 saturated carbocycles. The molecule has 0 aliphatic carbocycles. The van der Waals surface area contributed by atoms with E-state index in [1.54, 1.807) is 0 Å². The Morgan fingerprint density at radius 2 is 2.57 bits per heavy atom. The fraction of sp³-hybridized carbons (Fsp3) is 0.700. The number of morpholine rings is 1. The summed E-state index contributed by atoms with van der Waals surface area (Å²) < 4.78 is 5.71. The lowest BCUT2D eigenvalue weighted by Gasteiger charge is -2.36. The standard InChI is InChI=1S/C10H17N3O/c1-9(10-8-12-4-7-14-10)13-5-2-11-3-6-13/h2-3,5,9-10,12H,4,6-8H2,1H3. The minimum absolute atomic E-state index is 0.292. The van der Waals surface area contributed by atoms with Crippen molar-refractivity contribution in [2.75, 3.05) is 26.2 Å². The van der Waals surface area contributed by atoms with E-state index in [1.165, 1.54) is 0 Å². The Labute approximate surface area is 84.6 Å². The maximum atomic E-state index is 5.71. The Morgan fingerprint density at radius 1 is 1.64 bits per heavy atom. The maximum absolute atomic E-state index is 5.71. The molecule has 14 heavy (non-hydrogen) atoms. The van der Waals surface area contributed by atoms with Crippen molar-refractivity contribution >= 4 is 6.21 Å². The zero-order valence-corrected chi connectivity index (χ0v) is 8.52. The Hall–Kier alpha value is -0.870. The van der Waals surface area contributed by atoms with Crippen LogP contribution in [-0.2, 0) is 4.74 Å². The quantitative estimate of drug-likeness (QED) is 0.685. The summed E-state index contributed by atoms with van der Waals surface area (Å²) in [6, 6.07) is 0.408. The van der Waals surface area contributed by atoms with Crippen molar-refractivity contribution in [2.45, 2.75) is 19.1 Å². The van der Waals surface area contributed by atoms with Gasteiger partial charge in [-0.2, -0.15) is 0 Å². The number of ether oxygens (including phenoxy) is 1. The van der Waals surface area contributed by atoms with Crippen molar-refractivity contribution in [2.24, 2.45) is 4.99 Å². The Bertz CT molecular complexity index is 234. The molecular weight excluding hydrogens is 178 g/mol. The van der Waals surface area contributed by atoms with Gasteiger partial charge in [-0.05, 0) is 6.92 Å². The van der Waals surface area contributed by atoms with Crippen molar-refractivity contribution in [1.29, 1.82) is 0 Å². The van der Waals surface area contributed by atoms with Crippen LogP contribution in [0.1, 0.15) is 6.92 Å². The van der Waals surface area contributed by atoms with Crippen molar-refractivity contribution in [3.8, 4) is 0 Å². The fourth-order valence-electron chi connectivity index (χ4n) is 1.80. The van der Waals surface area contributed by atoms with E-state index in [-0.39, 0.29) is 0 Å². The summed E-state index contributed by atoms with van der Waals surface area (Å²) in [4.78, 5) is 6.31. The number of nitrogens with one attached hydrogen (secondary N) is 1. The largest absolute Gasteiger partial charge is 0.373 e. The SMILES string of the molecule is CC(C1CNCCO1)N1C=CN=CC1. The first-order valence-electron chi connectivity index (χ1n) is 5.14. The third-order valence-electron chi connectivity index (χ3n) is 2.76. The molecule has 0 spiro atoms. The van der Waals surface area contributed by atoms with Crippen molar-refractivity contribution < 1.29 is 4.74 Å². The average molecular weight is 195 g/mol. The minimum Gasteiger partial charge on any atom is -0.373 e. The third kappa shape index (κ3) is 2.13. The summed E-state index contributed by atoms with van der Waals surface area (Å²) in [6.45, 7) is 5.82. The first-order valence-corrected chi connectivity index (χ1v) is 5.14. The summed E-state index contributed by atoms with van der Waals surface area (Å²) in [5, 5.41) is 3.35. The van der Waals surface area contributed by atoms with Gasteiger partial charge in [-0.3, -0.25) is 4.99 Å². The van der Waals surface area contributed by atoms with E-state index in [4.69, 9.17) is 4.74 Å². The third-order valence-corrected chi connectivity index (χ3v) is 2.76. The molecule has 4 nitrogen and oxygen atoms in total. The van der Waals surface area contributed by atoms with Crippen molar-refractivity contribution in [3.63, 3.8) is 0 Å². The van der Waals surface area contributed by atoms with Crippen LogP contribution >= 0.6 is 0 Å². The highest BCUT2D eigenvalue weighted by molar-refractivity contribution is 5.61. The van der Waals surface area contributed by atoms with E-state index in [1.807, 2.05) is 18.6 Å². The highest BCUT2D eigenvalue weighted by atomic mass is 16.5. The second-order valence-electron chi connectivity index (χ2n) is 3.68.